The summed E-state index contributed by atoms with van der Waals surface area (Å²) in [4.78, 5) is 20.5. The molecule has 25 heavy (non-hydrogen) atoms. The summed E-state index contributed by atoms with van der Waals surface area (Å²) in [7, 11) is 0. The van der Waals surface area contributed by atoms with E-state index in [2.05, 4.69) is 20.1 Å². The quantitative estimate of drug-likeness (QED) is 0.831. The number of hydrogen-bond donors (Lipinski definition) is 1. The molecule has 5 nitrogen and oxygen atoms in total. The van der Waals surface area contributed by atoms with Gasteiger partial charge in [0.2, 0.25) is 5.91 Å². The number of aromatic nitrogens is 1. The molecule has 2 aromatic rings. The van der Waals surface area contributed by atoms with Gasteiger partial charge in [-0.05, 0) is 42.0 Å². The van der Waals surface area contributed by atoms with Gasteiger partial charge in [-0.15, -0.1) is 0 Å². The highest BCUT2D eigenvalue weighted by Crippen LogP contribution is 2.12. The van der Waals surface area contributed by atoms with E-state index in [4.69, 9.17) is 11.6 Å². The van der Waals surface area contributed by atoms with Crippen molar-refractivity contribution < 1.29 is 9.18 Å². The van der Waals surface area contributed by atoms with Crippen LogP contribution in [-0.2, 0) is 11.3 Å². The van der Waals surface area contributed by atoms with E-state index in [1.807, 2.05) is 12.1 Å². The van der Waals surface area contributed by atoms with Gasteiger partial charge in [-0.2, -0.15) is 0 Å². The molecule has 0 bridgehead atoms. The van der Waals surface area contributed by atoms with E-state index in [1.54, 1.807) is 18.3 Å². The lowest BCUT2D eigenvalue weighted by Crippen LogP contribution is -2.48. The van der Waals surface area contributed by atoms with Crippen LogP contribution in [0.3, 0.4) is 0 Å². The van der Waals surface area contributed by atoms with Crippen molar-refractivity contribution >= 4 is 23.2 Å². The highest BCUT2D eigenvalue weighted by atomic mass is 35.5. The minimum absolute atomic E-state index is 0.0824. The fourth-order valence-electron chi connectivity index (χ4n) is 2.84. The van der Waals surface area contributed by atoms with Crippen molar-refractivity contribution in [3.05, 3.63) is 59.1 Å². The molecule has 1 amide bonds. The average Bonchev–Trinajstić information content (AvgIpc) is 2.59. The number of nitrogens with one attached hydrogen (secondary N) is 1. The predicted molar refractivity (Wildman–Crippen MR) is 96.0 cm³/mol. The zero-order valence-corrected chi connectivity index (χ0v) is 14.5. The molecule has 0 radical (unpaired) electrons. The molecule has 2 heterocycles. The first-order chi connectivity index (χ1) is 12.1. The fraction of sp³-hybridized carbons (Fsp3) is 0.333. The zero-order chi connectivity index (χ0) is 17.6. The van der Waals surface area contributed by atoms with Crippen molar-refractivity contribution in [1.82, 2.24) is 14.8 Å². The third-order valence-corrected chi connectivity index (χ3v) is 4.36. The molecule has 1 fully saturated rings. The van der Waals surface area contributed by atoms with Crippen LogP contribution >= 0.6 is 11.6 Å². The first-order valence-corrected chi connectivity index (χ1v) is 8.57. The number of piperazine rings is 1. The maximum Gasteiger partial charge on any atom is 0.238 e. The van der Waals surface area contributed by atoms with Crippen LogP contribution in [0.1, 0.15) is 5.56 Å². The van der Waals surface area contributed by atoms with Gasteiger partial charge in [-0.25, -0.2) is 9.37 Å². The molecule has 1 saturated heterocycles. The van der Waals surface area contributed by atoms with Crippen LogP contribution in [0.4, 0.5) is 10.1 Å². The summed E-state index contributed by atoms with van der Waals surface area (Å²) < 4.78 is 12.9. The zero-order valence-electron chi connectivity index (χ0n) is 13.8. The topological polar surface area (TPSA) is 48.5 Å². The van der Waals surface area contributed by atoms with Gasteiger partial charge < -0.3 is 5.32 Å². The summed E-state index contributed by atoms with van der Waals surface area (Å²) in [5, 5.41) is 3.30. The summed E-state index contributed by atoms with van der Waals surface area (Å²) in [6, 6.07) is 9.63. The Bertz CT molecular complexity index is 717. The van der Waals surface area contributed by atoms with Gasteiger partial charge in [0, 0.05) is 44.6 Å². The summed E-state index contributed by atoms with van der Waals surface area (Å²) in [5.41, 5.74) is 1.75. The van der Waals surface area contributed by atoms with E-state index in [-0.39, 0.29) is 11.7 Å². The molecule has 3 rings (SSSR count). The maximum atomic E-state index is 12.9. The molecular formula is C18H20ClFN4O. The van der Waals surface area contributed by atoms with Gasteiger partial charge in [0.1, 0.15) is 11.0 Å². The minimum Gasteiger partial charge on any atom is -0.325 e. The van der Waals surface area contributed by atoms with Gasteiger partial charge in [-0.3, -0.25) is 14.6 Å². The Morgan fingerprint density at radius 3 is 2.48 bits per heavy atom. The van der Waals surface area contributed by atoms with E-state index >= 15 is 0 Å². The SMILES string of the molecule is O=C(CN1CCN(Cc2ccnc(Cl)c2)CC1)Nc1ccc(F)cc1. The van der Waals surface area contributed by atoms with Crippen molar-refractivity contribution in [2.45, 2.75) is 6.54 Å². The average molecular weight is 363 g/mol. The van der Waals surface area contributed by atoms with Crippen LogP contribution in [0.2, 0.25) is 5.15 Å². The number of carbonyl (C=O) groups is 1. The first-order valence-electron chi connectivity index (χ1n) is 8.19. The van der Waals surface area contributed by atoms with E-state index in [0.717, 1.165) is 38.3 Å². The largest absolute Gasteiger partial charge is 0.325 e. The Morgan fingerprint density at radius 2 is 1.80 bits per heavy atom. The second-order valence-corrected chi connectivity index (χ2v) is 6.48. The molecule has 1 aromatic heterocycles. The second-order valence-electron chi connectivity index (χ2n) is 6.09. The minimum atomic E-state index is -0.315. The van der Waals surface area contributed by atoms with Crippen LogP contribution in [0.5, 0.6) is 0 Å². The molecule has 1 aliphatic heterocycles. The first kappa shape index (κ1) is 17.8. The Hall–Kier alpha value is -2.02. The van der Waals surface area contributed by atoms with Crippen molar-refractivity contribution in [1.29, 1.82) is 0 Å². The van der Waals surface area contributed by atoms with Crippen LogP contribution in [0.15, 0.2) is 42.6 Å². The molecule has 7 heteroatoms. The van der Waals surface area contributed by atoms with Crippen molar-refractivity contribution in [2.75, 3.05) is 38.0 Å². The lowest BCUT2D eigenvalue weighted by Gasteiger charge is -2.34. The Balaban J connectivity index is 1.42. The van der Waals surface area contributed by atoms with Gasteiger partial charge in [-0.1, -0.05) is 11.6 Å². The number of amides is 1. The number of benzene rings is 1. The van der Waals surface area contributed by atoms with Gasteiger partial charge in [0.05, 0.1) is 6.54 Å². The number of carbonyl (C=O) groups excluding carboxylic acids is 1. The van der Waals surface area contributed by atoms with E-state index < -0.39 is 0 Å². The number of anilines is 1. The normalized spacial score (nSPS) is 15.9. The van der Waals surface area contributed by atoms with E-state index in [9.17, 15) is 9.18 Å². The van der Waals surface area contributed by atoms with Crippen molar-refractivity contribution in [3.63, 3.8) is 0 Å². The summed E-state index contributed by atoms with van der Waals surface area (Å²) in [6.45, 7) is 4.61. The van der Waals surface area contributed by atoms with Gasteiger partial charge >= 0.3 is 0 Å². The van der Waals surface area contributed by atoms with Gasteiger partial charge in [0.15, 0.2) is 0 Å². The molecule has 0 atom stereocenters. The number of halogens is 2. The van der Waals surface area contributed by atoms with Crippen LogP contribution in [-0.4, -0.2) is 53.4 Å². The third-order valence-electron chi connectivity index (χ3n) is 4.16. The molecule has 132 valence electrons. The summed E-state index contributed by atoms with van der Waals surface area (Å²) in [5.74, 6) is -0.398. The van der Waals surface area contributed by atoms with Crippen LogP contribution in [0.25, 0.3) is 0 Å². The van der Waals surface area contributed by atoms with Crippen LogP contribution < -0.4 is 5.32 Å². The molecule has 0 unspecified atom stereocenters. The van der Waals surface area contributed by atoms with Gasteiger partial charge in [0.25, 0.3) is 0 Å². The predicted octanol–water partition coefficient (Wildman–Crippen LogP) is 2.63. The Morgan fingerprint density at radius 1 is 1.12 bits per heavy atom. The molecule has 0 aliphatic carbocycles. The standard InChI is InChI=1S/C18H20ClFN4O/c19-17-11-14(5-6-21-17)12-23-7-9-24(10-8-23)13-18(25)22-16-3-1-15(20)2-4-16/h1-6,11H,7-10,12-13H2,(H,22,25). The smallest absolute Gasteiger partial charge is 0.238 e. The third kappa shape index (κ3) is 5.49. The second kappa shape index (κ2) is 8.38. The van der Waals surface area contributed by atoms with E-state index in [1.165, 1.54) is 12.1 Å². The number of hydrogen-bond acceptors (Lipinski definition) is 4. The number of nitrogens with zero attached hydrogens (tertiary/aromatic N) is 3. The van der Waals surface area contributed by atoms with Crippen molar-refractivity contribution in [2.24, 2.45) is 0 Å². The molecule has 1 aromatic carbocycles. The lowest BCUT2D eigenvalue weighted by molar-refractivity contribution is -0.117. The van der Waals surface area contributed by atoms with E-state index in [0.29, 0.717) is 17.4 Å². The Kier molecular flexibility index (Phi) is 5.96. The molecule has 1 N–H and O–H groups in total. The molecule has 1 aliphatic rings. The highest BCUT2D eigenvalue weighted by molar-refractivity contribution is 6.29. The monoisotopic (exact) mass is 362 g/mol. The maximum absolute atomic E-state index is 12.9. The Labute approximate surface area is 151 Å². The fourth-order valence-corrected chi connectivity index (χ4v) is 3.04. The number of rotatable bonds is 5. The van der Waals surface area contributed by atoms with Crippen molar-refractivity contribution in [3.8, 4) is 0 Å². The highest BCUT2D eigenvalue weighted by Gasteiger charge is 2.19. The number of pyridine rings is 1. The lowest BCUT2D eigenvalue weighted by atomic mass is 10.2. The van der Waals surface area contributed by atoms with Crippen LogP contribution in [0, 0.1) is 5.82 Å². The summed E-state index contributed by atoms with van der Waals surface area (Å²) >= 11 is 5.92. The molecule has 0 spiro atoms. The molecule has 0 saturated carbocycles. The summed E-state index contributed by atoms with van der Waals surface area (Å²) in [6.07, 6.45) is 1.72. The molecular weight excluding hydrogens is 343 g/mol.